The van der Waals surface area contributed by atoms with Crippen LogP contribution in [-0.4, -0.2) is 26.3 Å². The lowest BCUT2D eigenvalue weighted by atomic mass is 10.1. The molecule has 3 heterocycles. The third-order valence-electron chi connectivity index (χ3n) is 3.80. The second-order valence-electron chi connectivity index (χ2n) is 5.07. The molecule has 1 fully saturated rings. The average Bonchev–Trinajstić information content (AvgIpc) is 3.01. The molecule has 0 radical (unpaired) electrons. The van der Waals surface area contributed by atoms with Crippen molar-refractivity contribution in [3.8, 4) is 10.7 Å². The van der Waals surface area contributed by atoms with Gasteiger partial charge in [-0.05, 0) is 25.7 Å². The number of hydrogen-bond acceptors (Lipinski definition) is 5. The van der Waals surface area contributed by atoms with Crippen molar-refractivity contribution < 1.29 is 0 Å². The molecule has 1 unspecified atom stereocenters. The number of hydrogen-bond donors (Lipinski definition) is 1. The second kappa shape index (κ2) is 3.86. The Morgan fingerprint density at radius 1 is 1.39 bits per heavy atom. The Morgan fingerprint density at radius 2 is 2.28 bits per heavy atom. The van der Waals surface area contributed by atoms with E-state index >= 15 is 0 Å². The van der Waals surface area contributed by atoms with Crippen LogP contribution in [0.25, 0.3) is 10.7 Å². The molecule has 4 rings (SSSR count). The number of fused-ring (bicyclic) bond motifs is 1. The zero-order chi connectivity index (χ0) is 12.1. The average molecular weight is 261 g/mol. The maximum Gasteiger partial charge on any atom is 0.176 e. The molecule has 2 aromatic heterocycles. The number of nitrogens with zero attached hydrogens (tertiary/aromatic N) is 4. The molecule has 6 heteroatoms. The van der Waals surface area contributed by atoms with Gasteiger partial charge in [-0.25, -0.2) is 4.98 Å². The molecule has 2 aromatic rings. The van der Waals surface area contributed by atoms with Gasteiger partial charge in [-0.3, -0.25) is 0 Å². The van der Waals surface area contributed by atoms with Crippen molar-refractivity contribution in [2.45, 2.75) is 32.4 Å². The minimum atomic E-state index is 0.410. The van der Waals surface area contributed by atoms with E-state index in [2.05, 4.69) is 25.1 Å². The Morgan fingerprint density at radius 3 is 3.00 bits per heavy atom. The van der Waals surface area contributed by atoms with E-state index in [9.17, 15) is 0 Å². The van der Waals surface area contributed by atoms with E-state index in [1.54, 1.807) is 11.3 Å². The van der Waals surface area contributed by atoms with Gasteiger partial charge in [0, 0.05) is 13.1 Å². The first kappa shape index (κ1) is 10.6. The fourth-order valence-corrected chi connectivity index (χ4v) is 3.48. The van der Waals surface area contributed by atoms with Crippen LogP contribution >= 0.6 is 11.3 Å². The van der Waals surface area contributed by atoms with Crippen molar-refractivity contribution in [2.24, 2.45) is 5.92 Å². The van der Waals surface area contributed by atoms with Crippen LogP contribution in [0, 0.1) is 12.8 Å². The quantitative estimate of drug-likeness (QED) is 0.895. The molecule has 0 amide bonds. The van der Waals surface area contributed by atoms with Gasteiger partial charge in [0.05, 0.1) is 22.1 Å². The SMILES string of the molecule is Cc1ncsc1-c1nnc2n1CCNC2C1CC1. The van der Waals surface area contributed by atoms with Crippen LogP contribution in [0.1, 0.15) is 30.4 Å². The molecule has 0 aromatic carbocycles. The Kier molecular flexibility index (Phi) is 2.28. The van der Waals surface area contributed by atoms with Gasteiger partial charge in [-0.15, -0.1) is 21.5 Å². The predicted octanol–water partition coefficient (Wildman–Crippen LogP) is 1.76. The van der Waals surface area contributed by atoms with Crippen molar-refractivity contribution in [1.82, 2.24) is 25.1 Å². The summed E-state index contributed by atoms with van der Waals surface area (Å²) in [4.78, 5) is 5.47. The van der Waals surface area contributed by atoms with Gasteiger partial charge < -0.3 is 9.88 Å². The smallest absolute Gasteiger partial charge is 0.176 e. The molecular weight excluding hydrogens is 246 g/mol. The topological polar surface area (TPSA) is 55.6 Å². The highest BCUT2D eigenvalue weighted by Gasteiger charge is 2.37. The van der Waals surface area contributed by atoms with Crippen molar-refractivity contribution >= 4 is 11.3 Å². The molecule has 1 saturated carbocycles. The highest BCUT2D eigenvalue weighted by molar-refractivity contribution is 7.13. The lowest BCUT2D eigenvalue weighted by molar-refractivity contribution is 0.383. The number of thiazole rings is 1. The van der Waals surface area contributed by atoms with Gasteiger partial charge in [0.1, 0.15) is 0 Å². The van der Waals surface area contributed by atoms with E-state index in [-0.39, 0.29) is 0 Å². The van der Waals surface area contributed by atoms with E-state index in [1.165, 1.54) is 12.8 Å². The first-order valence-corrected chi connectivity index (χ1v) is 7.29. The highest BCUT2D eigenvalue weighted by Crippen LogP contribution is 2.42. The predicted molar refractivity (Wildman–Crippen MR) is 69.3 cm³/mol. The fraction of sp³-hybridized carbons (Fsp3) is 0.583. The van der Waals surface area contributed by atoms with Crippen LogP contribution in [0.4, 0.5) is 0 Å². The molecule has 18 heavy (non-hydrogen) atoms. The molecular formula is C12H15N5S. The summed E-state index contributed by atoms with van der Waals surface area (Å²) in [7, 11) is 0. The number of rotatable bonds is 2. The van der Waals surface area contributed by atoms with Crippen LogP contribution in [0.3, 0.4) is 0 Å². The number of aromatic nitrogens is 4. The first-order chi connectivity index (χ1) is 8.84. The Hall–Kier alpha value is -1.27. The Bertz CT molecular complexity index is 583. The summed E-state index contributed by atoms with van der Waals surface area (Å²) in [5, 5.41) is 12.4. The minimum absolute atomic E-state index is 0.410. The monoisotopic (exact) mass is 261 g/mol. The lowest BCUT2D eigenvalue weighted by Gasteiger charge is -2.24. The van der Waals surface area contributed by atoms with Gasteiger partial charge in [0.25, 0.3) is 0 Å². The molecule has 94 valence electrons. The minimum Gasteiger partial charge on any atom is -0.308 e. The third-order valence-corrected chi connectivity index (χ3v) is 4.72. The number of nitrogens with one attached hydrogen (secondary N) is 1. The molecule has 1 atom stereocenters. The maximum atomic E-state index is 4.43. The van der Waals surface area contributed by atoms with Crippen LogP contribution in [0.2, 0.25) is 0 Å². The summed E-state index contributed by atoms with van der Waals surface area (Å²) >= 11 is 1.65. The summed E-state index contributed by atoms with van der Waals surface area (Å²) in [5.41, 5.74) is 2.93. The highest BCUT2D eigenvalue weighted by atomic mass is 32.1. The van der Waals surface area contributed by atoms with E-state index in [0.29, 0.717) is 6.04 Å². The molecule has 0 saturated heterocycles. The molecule has 1 aliphatic carbocycles. The maximum absolute atomic E-state index is 4.43. The van der Waals surface area contributed by atoms with Crippen LogP contribution in [-0.2, 0) is 6.54 Å². The van der Waals surface area contributed by atoms with Crippen LogP contribution in [0.5, 0.6) is 0 Å². The Labute approximate surface area is 109 Å². The second-order valence-corrected chi connectivity index (χ2v) is 5.92. The van der Waals surface area contributed by atoms with Crippen molar-refractivity contribution in [3.05, 3.63) is 17.0 Å². The van der Waals surface area contributed by atoms with Gasteiger partial charge >= 0.3 is 0 Å². The zero-order valence-corrected chi connectivity index (χ0v) is 11.1. The van der Waals surface area contributed by atoms with Gasteiger partial charge in [-0.2, -0.15) is 0 Å². The summed E-state index contributed by atoms with van der Waals surface area (Å²) < 4.78 is 2.28. The van der Waals surface area contributed by atoms with E-state index < -0.39 is 0 Å². The summed E-state index contributed by atoms with van der Waals surface area (Å²) in [6.45, 7) is 4.00. The molecule has 0 bridgehead atoms. The summed E-state index contributed by atoms with van der Waals surface area (Å²) in [5.74, 6) is 2.88. The van der Waals surface area contributed by atoms with Crippen molar-refractivity contribution in [3.63, 3.8) is 0 Å². The zero-order valence-electron chi connectivity index (χ0n) is 10.3. The number of aryl methyl sites for hydroxylation is 1. The summed E-state index contributed by atoms with van der Waals surface area (Å²) in [6, 6.07) is 0.410. The normalized spacial score (nSPS) is 23.1. The lowest BCUT2D eigenvalue weighted by Crippen LogP contribution is -2.35. The van der Waals surface area contributed by atoms with E-state index in [0.717, 1.165) is 41.2 Å². The third kappa shape index (κ3) is 1.52. The first-order valence-electron chi connectivity index (χ1n) is 6.41. The van der Waals surface area contributed by atoms with Crippen LogP contribution in [0.15, 0.2) is 5.51 Å². The molecule has 0 spiro atoms. The fourth-order valence-electron chi connectivity index (χ4n) is 2.68. The van der Waals surface area contributed by atoms with Gasteiger partial charge in [-0.1, -0.05) is 0 Å². The molecule has 5 nitrogen and oxygen atoms in total. The standard InChI is InChI=1S/C12H15N5S/c1-7-10(18-6-14-7)12-16-15-11-9(8-2-3-8)13-4-5-17(11)12/h6,8-9,13H,2-5H2,1H3. The van der Waals surface area contributed by atoms with E-state index in [4.69, 9.17) is 0 Å². The van der Waals surface area contributed by atoms with Gasteiger partial charge in [0.15, 0.2) is 11.6 Å². The van der Waals surface area contributed by atoms with Crippen molar-refractivity contribution in [1.29, 1.82) is 0 Å². The Balaban J connectivity index is 1.80. The van der Waals surface area contributed by atoms with Crippen LogP contribution < -0.4 is 5.32 Å². The molecule has 2 aliphatic rings. The largest absolute Gasteiger partial charge is 0.308 e. The van der Waals surface area contributed by atoms with Gasteiger partial charge in [0.2, 0.25) is 0 Å². The van der Waals surface area contributed by atoms with E-state index in [1.807, 2.05) is 12.4 Å². The van der Waals surface area contributed by atoms with Crippen molar-refractivity contribution in [2.75, 3.05) is 6.54 Å². The molecule has 1 N–H and O–H groups in total. The summed E-state index contributed by atoms with van der Waals surface area (Å²) in [6.07, 6.45) is 2.64. The molecule has 1 aliphatic heterocycles.